The van der Waals surface area contributed by atoms with Crippen molar-refractivity contribution >= 4 is 17.2 Å². The zero-order valence-electron chi connectivity index (χ0n) is 11.7. The molecule has 1 aromatic carbocycles. The fraction of sp³-hybridized carbons (Fsp3) is 0.333. The van der Waals surface area contributed by atoms with Crippen molar-refractivity contribution in [3.63, 3.8) is 0 Å². The molecule has 1 aromatic rings. The fourth-order valence-corrected chi connectivity index (χ4v) is 2.12. The Hall–Kier alpha value is -2.62. The number of halogens is 2. The van der Waals surface area contributed by atoms with E-state index in [2.05, 4.69) is 5.32 Å². The molecule has 0 radical (unpaired) electrons. The van der Waals surface area contributed by atoms with E-state index >= 15 is 0 Å². The topological polar surface area (TPSA) is 88.1 Å². The minimum Gasteiger partial charge on any atom is -0.477 e. The number of anilines is 1. The van der Waals surface area contributed by atoms with Crippen molar-refractivity contribution in [2.45, 2.75) is 12.0 Å². The highest BCUT2D eigenvalue weighted by Crippen LogP contribution is 2.38. The number of carbonyl (C=O) groups is 1. The van der Waals surface area contributed by atoms with E-state index in [1.54, 1.807) is 0 Å². The van der Waals surface area contributed by atoms with Crippen LogP contribution in [0.3, 0.4) is 0 Å². The minimum atomic E-state index is -1.81. The predicted octanol–water partition coefficient (Wildman–Crippen LogP) is 1.75. The number of rotatable bonds is 5. The van der Waals surface area contributed by atoms with Gasteiger partial charge in [0.2, 0.25) is 0 Å². The SMILES string of the molecule is N#CCCNC(=O)C1=CC(CF)(CF)Oc2ccc(N)cc21. The molecule has 0 aliphatic carbocycles. The number of hydrogen-bond donors (Lipinski definition) is 2. The zero-order chi connectivity index (χ0) is 16.2. The van der Waals surface area contributed by atoms with E-state index in [0.29, 0.717) is 11.3 Å². The summed E-state index contributed by atoms with van der Waals surface area (Å²) < 4.78 is 31.8. The highest BCUT2D eigenvalue weighted by Gasteiger charge is 2.38. The van der Waals surface area contributed by atoms with E-state index in [0.717, 1.165) is 6.08 Å². The summed E-state index contributed by atoms with van der Waals surface area (Å²) in [7, 11) is 0. The van der Waals surface area contributed by atoms with Crippen LogP contribution in [0.15, 0.2) is 24.3 Å². The Bertz CT molecular complexity index is 649. The molecule has 0 aromatic heterocycles. The van der Waals surface area contributed by atoms with E-state index in [1.807, 2.05) is 6.07 Å². The molecule has 7 heteroatoms. The summed E-state index contributed by atoms with van der Waals surface area (Å²) in [5.74, 6) is -0.339. The van der Waals surface area contributed by atoms with Gasteiger partial charge in [0, 0.05) is 17.8 Å². The second kappa shape index (κ2) is 6.43. The van der Waals surface area contributed by atoms with Crippen LogP contribution < -0.4 is 15.8 Å². The second-order valence-corrected chi connectivity index (χ2v) is 4.91. The Kier molecular flexibility index (Phi) is 4.61. The molecule has 5 nitrogen and oxygen atoms in total. The van der Waals surface area contributed by atoms with Crippen LogP contribution in [0.2, 0.25) is 0 Å². The van der Waals surface area contributed by atoms with Gasteiger partial charge < -0.3 is 15.8 Å². The molecule has 0 atom stereocenters. The Labute approximate surface area is 126 Å². The Morgan fingerprint density at radius 3 is 2.77 bits per heavy atom. The monoisotopic (exact) mass is 307 g/mol. The summed E-state index contributed by atoms with van der Waals surface area (Å²) in [5, 5.41) is 11.0. The van der Waals surface area contributed by atoms with Crippen LogP contribution in [0, 0.1) is 11.3 Å². The predicted molar refractivity (Wildman–Crippen MR) is 77.4 cm³/mol. The number of carbonyl (C=O) groups excluding carboxylic acids is 1. The van der Waals surface area contributed by atoms with Crippen molar-refractivity contribution in [2.75, 3.05) is 25.6 Å². The molecule has 3 N–H and O–H groups in total. The average molecular weight is 307 g/mol. The van der Waals surface area contributed by atoms with Crippen molar-refractivity contribution in [2.24, 2.45) is 0 Å². The van der Waals surface area contributed by atoms with E-state index in [9.17, 15) is 13.6 Å². The van der Waals surface area contributed by atoms with Crippen LogP contribution >= 0.6 is 0 Å². The average Bonchev–Trinajstić information content (AvgIpc) is 2.54. The minimum absolute atomic E-state index is 0.0850. The zero-order valence-corrected chi connectivity index (χ0v) is 11.7. The summed E-state index contributed by atoms with van der Waals surface area (Å²) in [6.45, 7) is -2.08. The Morgan fingerprint density at radius 2 is 2.14 bits per heavy atom. The lowest BCUT2D eigenvalue weighted by molar-refractivity contribution is -0.115. The summed E-state index contributed by atoms with van der Waals surface area (Å²) in [6, 6.07) is 6.40. The van der Waals surface area contributed by atoms with Gasteiger partial charge >= 0.3 is 0 Å². The third-order valence-electron chi connectivity index (χ3n) is 3.23. The largest absolute Gasteiger partial charge is 0.477 e. The number of nitriles is 1. The lowest BCUT2D eigenvalue weighted by atomic mass is 9.93. The number of nitrogen functional groups attached to an aromatic ring is 1. The van der Waals surface area contributed by atoms with E-state index in [-0.39, 0.29) is 24.3 Å². The van der Waals surface area contributed by atoms with Gasteiger partial charge in [-0.15, -0.1) is 0 Å². The quantitative estimate of drug-likeness (QED) is 0.641. The van der Waals surface area contributed by atoms with Crippen LogP contribution in [0.5, 0.6) is 5.75 Å². The van der Waals surface area contributed by atoms with Gasteiger partial charge in [0.05, 0.1) is 18.1 Å². The number of ether oxygens (including phenoxy) is 1. The van der Waals surface area contributed by atoms with E-state index < -0.39 is 24.9 Å². The van der Waals surface area contributed by atoms with Crippen molar-refractivity contribution < 1.29 is 18.3 Å². The van der Waals surface area contributed by atoms with Crippen molar-refractivity contribution in [3.05, 3.63) is 29.8 Å². The fourth-order valence-electron chi connectivity index (χ4n) is 2.12. The molecular formula is C15H15F2N3O2. The number of alkyl halides is 2. The molecule has 22 heavy (non-hydrogen) atoms. The van der Waals surface area contributed by atoms with Crippen LogP contribution in [0.1, 0.15) is 12.0 Å². The third kappa shape index (κ3) is 3.01. The maximum Gasteiger partial charge on any atom is 0.251 e. The molecule has 1 heterocycles. The van der Waals surface area contributed by atoms with Gasteiger partial charge in [-0.1, -0.05) is 0 Å². The normalized spacial score (nSPS) is 15.0. The van der Waals surface area contributed by atoms with Gasteiger partial charge in [-0.05, 0) is 24.3 Å². The van der Waals surface area contributed by atoms with Crippen LogP contribution in [-0.4, -0.2) is 31.4 Å². The Morgan fingerprint density at radius 1 is 1.41 bits per heavy atom. The maximum absolute atomic E-state index is 13.2. The summed E-state index contributed by atoms with van der Waals surface area (Å²) in [6.07, 6.45) is 1.27. The number of nitrogens with zero attached hydrogens (tertiary/aromatic N) is 1. The van der Waals surface area contributed by atoms with Gasteiger partial charge in [-0.2, -0.15) is 5.26 Å². The number of amides is 1. The first-order valence-electron chi connectivity index (χ1n) is 6.64. The third-order valence-corrected chi connectivity index (χ3v) is 3.23. The lowest BCUT2D eigenvalue weighted by Crippen LogP contribution is -2.42. The molecule has 1 aliphatic heterocycles. The Balaban J connectivity index is 2.42. The first-order chi connectivity index (χ1) is 10.5. The molecular weight excluding hydrogens is 292 g/mol. The highest BCUT2D eigenvalue weighted by atomic mass is 19.1. The van der Waals surface area contributed by atoms with E-state index in [1.165, 1.54) is 18.2 Å². The van der Waals surface area contributed by atoms with Crippen LogP contribution in [0.25, 0.3) is 5.57 Å². The van der Waals surface area contributed by atoms with E-state index in [4.69, 9.17) is 15.7 Å². The number of nitrogens with two attached hydrogens (primary N) is 1. The molecule has 0 unspecified atom stereocenters. The summed E-state index contributed by atoms with van der Waals surface area (Å²) in [4.78, 5) is 12.2. The van der Waals surface area contributed by atoms with Gasteiger partial charge in [0.15, 0.2) is 5.60 Å². The van der Waals surface area contributed by atoms with Gasteiger partial charge in [-0.3, -0.25) is 4.79 Å². The molecule has 0 saturated heterocycles. The second-order valence-electron chi connectivity index (χ2n) is 4.91. The maximum atomic E-state index is 13.2. The molecule has 1 aliphatic rings. The number of benzene rings is 1. The first kappa shape index (κ1) is 15.8. The molecule has 0 saturated carbocycles. The van der Waals surface area contributed by atoms with Gasteiger partial charge in [-0.25, -0.2) is 8.78 Å². The number of hydrogen-bond acceptors (Lipinski definition) is 4. The van der Waals surface area contributed by atoms with Crippen LogP contribution in [0.4, 0.5) is 14.5 Å². The summed E-state index contributed by atoms with van der Waals surface area (Å²) >= 11 is 0. The first-order valence-corrected chi connectivity index (χ1v) is 6.64. The number of fused-ring (bicyclic) bond motifs is 1. The lowest BCUT2D eigenvalue weighted by Gasteiger charge is -2.32. The molecule has 0 fully saturated rings. The highest BCUT2D eigenvalue weighted by molar-refractivity contribution is 6.21. The van der Waals surface area contributed by atoms with Crippen molar-refractivity contribution in [1.29, 1.82) is 5.26 Å². The van der Waals surface area contributed by atoms with Gasteiger partial charge in [0.1, 0.15) is 19.1 Å². The molecule has 0 bridgehead atoms. The number of nitrogens with one attached hydrogen (secondary N) is 1. The smallest absolute Gasteiger partial charge is 0.251 e. The summed E-state index contributed by atoms with van der Waals surface area (Å²) in [5.41, 5.74) is 4.73. The van der Waals surface area contributed by atoms with Crippen LogP contribution in [-0.2, 0) is 4.79 Å². The molecule has 0 spiro atoms. The van der Waals surface area contributed by atoms with Crippen molar-refractivity contribution in [1.82, 2.24) is 5.32 Å². The molecule has 2 rings (SSSR count). The molecule has 116 valence electrons. The standard InChI is InChI=1S/C15H15F2N3O2/c16-8-15(9-17)7-12(14(21)20-5-1-4-18)11-6-10(19)2-3-13(11)22-15/h2-3,6-7H,1,5,8-9,19H2,(H,20,21). The van der Waals surface area contributed by atoms with Crippen molar-refractivity contribution in [3.8, 4) is 11.8 Å². The van der Waals surface area contributed by atoms with Gasteiger partial charge in [0.25, 0.3) is 5.91 Å². The molecule has 1 amide bonds.